The standard InChI is InChI=1S/C55H55N3O12S4/c1-54(2)49(56(31-11-33-72(60,61)62)47-27-19-39-35-43(71-70-69-59)23-25-45(39)51(47)54)29-21-37-17-18-38(53(37)58(41-13-7-5-8-14-41)42-15-9-6-10-16-42)22-30-50-55(3,4)52-46-26-24-44(74(66,67)68)36-40(46)20-28-48(52)57(50)32-12-34-73(63,64)65/h5-10,13-16,19-30,35-36H,11-12,17-18,31-34H2,1-4H3,(H3-,59,60,61,62,63,64,65,66,67,68)/p+1. The van der Waals surface area contributed by atoms with Crippen molar-refractivity contribution in [3.05, 3.63) is 179 Å². The highest BCUT2D eigenvalue weighted by Crippen LogP contribution is 2.52. The largest absolute Gasteiger partial charge is 0.344 e. The van der Waals surface area contributed by atoms with Gasteiger partial charge in [0.2, 0.25) is 5.69 Å². The summed E-state index contributed by atoms with van der Waals surface area (Å²) >= 11 is 0.866. The van der Waals surface area contributed by atoms with E-state index < -0.39 is 52.7 Å². The Labute approximate surface area is 435 Å². The number of hydrogen-bond donors (Lipinski definition) is 4. The molecule has 0 amide bonds. The second-order valence-electron chi connectivity index (χ2n) is 19.6. The molecule has 0 bridgehead atoms. The quantitative estimate of drug-likeness (QED) is 0.0207. The van der Waals surface area contributed by atoms with Crippen LogP contribution in [-0.4, -0.2) is 79.1 Å². The molecule has 74 heavy (non-hydrogen) atoms. The van der Waals surface area contributed by atoms with E-state index in [9.17, 15) is 38.9 Å². The fourth-order valence-corrected chi connectivity index (χ4v) is 12.9. The second kappa shape index (κ2) is 20.6. The first-order valence-electron chi connectivity index (χ1n) is 23.9. The number of para-hydroxylation sites is 2. The van der Waals surface area contributed by atoms with Crippen molar-refractivity contribution in [2.75, 3.05) is 34.4 Å². The van der Waals surface area contributed by atoms with Gasteiger partial charge in [-0.15, -0.1) is 4.33 Å². The van der Waals surface area contributed by atoms with Crippen molar-refractivity contribution in [1.82, 2.24) is 0 Å². The Balaban J connectivity index is 1.21. The maximum atomic E-state index is 12.2. The zero-order chi connectivity index (χ0) is 52.8. The Kier molecular flexibility index (Phi) is 14.7. The van der Waals surface area contributed by atoms with Gasteiger partial charge < -0.3 is 9.80 Å². The predicted octanol–water partition coefficient (Wildman–Crippen LogP) is 11.7. The monoisotopic (exact) mass is 1080 g/mol. The van der Waals surface area contributed by atoms with E-state index >= 15 is 0 Å². The fourth-order valence-electron chi connectivity index (χ4n) is 10.9. The van der Waals surface area contributed by atoms with E-state index in [0.29, 0.717) is 29.7 Å². The minimum absolute atomic E-state index is 0.120. The summed E-state index contributed by atoms with van der Waals surface area (Å²) in [6.45, 7) is 8.96. The summed E-state index contributed by atoms with van der Waals surface area (Å²) in [5.41, 5.74) is 8.92. The Hall–Kier alpha value is -5.97. The first-order chi connectivity index (χ1) is 35.1. The molecule has 2 aliphatic heterocycles. The van der Waals surface area contributed by atoms with Crippen LogP contribution in [0.2, 0.25) is 0 Å². The molecule has 6 aromatic carbocycles. The number of benzene rings is 6. The Bertz CT molecular complexity index is 3660. The minimum atomic E-state index is -4.48. The van der Waals surface area contributed by atoms with Crippen molar-refractivity contribution in [3.63, 3.8) is 0 Å². The SMILES string of the molecule is CC1(C)C(/C=C/C2=C(N(c3ccccc3)c3ccccc3)C(=C/C=C3\N(CCCS(=O)(=O)O)c4ccc5cc(S(=O)(=O)O)ccc5c4C3(C)C)/CC2)=[N+](CCCS(=O)(=O)O)c2ccc3cc(SOOO)ccc3c21. The Morgan fingerprint density at radius 1 is 0.689 bits per heavy atom. The van der Waals surface area contributed by atoms with Crippen LogP contribution in [-0.2, 0) is 50.6 Å². The highest BCUT2D eigenvalue weighted by molar-refractivity contribution is 7.94. The van der Waals surface area contributed by atoms with Gasteiger partial charge in [0.15, 0.2) is 5.71 Å². The van der Waals surface area contributed by atoms with Crippen LogP contribution in [0, 0.1) is 0 Å². The second-order valence-corrected chi connectivity index (χ2v) is 24.9. The summed E-state index contributed by atoms with van der Waals surface area (Å²) in [5, 5.41) is 15.9. The summed E-state index contributed by atoms with van der Waals surface area (Å²) in [7, 11) is -13.0. The van der Waals surface area contributed by atoms with Gasteiger partial charge in [-0.2, -0.15) is 29.8 Å². The molecule has 1 aliphatic carbocycles. The molecule has 0 saturated heterocycles. The molecular weight excluding hydrogens is 1020 g/mol. The molecule has 0 aromatic heterocycles. The molecule has 19 heteroatoms. The molecule has 0 unspecified atom stereocenters. The molecule has 3 aliphatic rings. The van der Waals surface area contributed by atoms with Crippen LogP contribution >= 0.6 is 12.0 Å². The normalized spacial score (nSPS) is 17.7. The Morgan fingerprint density at radius 3 is 1.96 bits per heavy atom. The van der Waals surface area contributed by atoms with E-state index in [4.69, 9.17) is 9.59 Å². The number of allylic oxidation sites excluding steroid dienone is 7. The van der Waals surface area contributed by atoms with Crippen LogP contribution in [0.25, 0.3) is 21.5 Å². The maximum Gasteiger partial charge on any atom is 0.294 e. The van der Waals surface area contributed by atoms with Crippen molar-refractivity contribution in [3.8, 4) is 0 Å². The topological polar surface area (TPSA) is 211 Å². The molecule has 0 atom stereocenters. The predicted molar refractivity (Wildman–Crippen MR) is 290 cm³/mol. The summed E-state index contributed by atoms with van der Waals surface area (Å²) < 4.78 is 109. The zero-order valence-corrected chi connectivity index (χ0v) is 44.3. The molecule has 6 aromatic rings. The van der Waals surface area contributed by atoms with Crippen LogP contribution in [0.15, 0.2) is 178 Å². The van der Waals surface area contributed by atoms with Gasteiger partial charge in [-0.3, -0.25) is 13.7 Å². The van der Waals surface area contributed by atoms with Crippen LogP contribution in [0.4, 0.5) is 22.7 Å². The van der Waals surface area contributed by atoms with Gasteiger partial charge in [0.25, 0.3) is 30.4 Å². The molecule has 386 valence electrons. The number of fused-ring (bicyclic) bond motifs is 6. The van der Waals surface area contributed by atoms with Crippen LogP contribution in [0.3, 0.4) is 0 Å². The van der Waals surface area contributed by atoms with Crippen molar-refractivity contribution >= 4 is 92.4 Å². The van der Waals surface area contributed by atoms with E-state index in [-0.39, 0.29) is 24.3 Å². The summed E-state index contributed by atoms with van der Waals surface area (Å²) in [6.07, 6.45) is 10.0. The third-order valence-corrected chi connectivity index (χ3v) is 17.1. The smallest absolute Gasteiger partial charge is 0.294 e. The van der Waals surface area contributed by atoms with E-state index in [1.165, 1.54) is 12.1 Å². The number of hydrogen-bond acceptors (Lipinski definition) is 12. The third kappa shape index (κ3) is 10.8. The van der Waals surface area contributed by atoms with Gasteiger partial charge in [0.1, 0.15) is 6.54 Å². The molecule has 0 saturated carbocycles. The lowest BCUT2D eigenvalue weighted by Crippen LogP contribution is -2.28. The molecular formula is C55H56N3O12S4+. The molecule has 9 rings (SSSR count). The van der Waals surface area contributed by atoms with Crippen molar-refractivity contribution in [2.45, 2.75) is 74.0 Å². The lowest BCUT2D eigenvalue weighted by molar-refractivity contribution is -0.437. The molecule has 15 nitrogen and oxygen atoms in total. The van der Waals surface area contributed by atoms with E-state index in [1.807, 2.05) is 72.8 Å². The lowest BCUT2D eigenvalue weighted by atomic mass is 9.79. The van der Waals surface area contributed by atoms with Gasteiger partial charge in [0, 0.05) is 63.7 Å². The highest BCUT2D eigenvalue weighted by Gasteiger charge is 2.46. The van der Waals surface area contributed by atoms with Gasteiger partial charge in [-0.05, 0) is 138 Å². The number of rotatable bonds is 18. The van der Waals surface area contributed by atoms with Gasteiger partial charge in [0.05, 0.1) is 39.6 Å². The van der Waals surface area contributed by atoms with E-state index in [2.05, 4.69) is 95.7 Å². The van der Waals surface area contributed by atoms with Crippen LogP contribution in [0.5, 0.6) is 0 Å². The molecule has 0 spiro atoms. The zero-order valence-electron chi connectivity index (χ0n) is 41.0. The first-order valence-corrected chi connectivity index (χ1v) is 29.3. The summed E-state index contributed by atoms with van der Waals surface area (Å²) in [6, 6.07) is 38.1. The fraction of sp³-hybridized carbons (Fsp3) is 0.255. The lowest BCUT2D eigenvalue weighted by Gasteiger charge is -2.29. The van der Waals surface area contributed by atoms with E-state index in [1.54, 1.807) is 12.1 Å². The van der Waals surface area contributed by atoms with Crippen LogP contribution in [0.1, 0.15) is 64.5 Å². The average molecular weight is 1080 g/mol. The van der Waals surface area contributed by atoms with Crippen LogP contribution < -0.4 is 9.80 Å². The third-order valence-electron chi connectivity index (χ3n) is 14.1. The van der Waals surface area contributed by atoms with Gasteiger partial charge in [-0.1, -0.05) is 85.6 Å². The van der Waals surface area contributed by atoms with Crippen molar-refractivity contribution < 1.29 is 58.1 Å². The molecule has 0 radical (unpaired) electrons. The van der Waals surface area contributed by atoms with Crippen molar-refractivity contribution in [2.24, 2.45) is 0 Å². The minimum Gasteiger partial charge on any atom is -0.344 e. The van der Waals surface area contributed by atoms with Crippen molar-refractivity contribution in [1.29, 1.82) is 0 Å². The average Bonchev–Trinajstić information content (AvgIpc) is 3.92. The first kappa shape index (κ1) is 52.9. The molecule has 2 heterocycles. The highest BCUT2D eigenvalue weighted by atomic mass is 32.2. The number of nitrogens with zero attached hydrogens (tertiary/aromatic N) is 3. The Morgan fingerprint density at radius 2 is 1.31 bits per heavy atom. The number of anilines is 3. The van der Waals surface area contributed by atoms with Gasteiger partial charge in [-0.25, -0.2) is 5.26 Å². The van der Waals surface area contributed by atoms with E-state index in [0.717, 1.165) is 90.3 Å². The summed E-state index contributed by atoms with van der Waals surface area (Å²) in [5.74, 6) is -0.860. The summed E-state index contributed by atoms with van der Waals surface area (Å²) in [4.78, 5) is 4.78. The molecule has 4 N–H and O–H groups in total. The molecule has 0 fully saturated rings. The van der Waals surface area contributed by atoms with Gasteiger partial charge >= 0.3 is 0 Å². The maximum absolute atomic E-state index is 12.2.